The lowest BCUT2D eigenvalue weighted by Gasteiger charge is -2.25. The third kappa shape index (κ3) is 2.06. The highest BCUT2D eigenvalue weighted by Gasteiger charge is 2.49. The second kappa shape index (κ2) is 4.72. The van der Waals surface area contributed by atoms with E-state index in [1.54, 1.807) is 0 Å². The summed E-state index contributed by atoms with van der Waals surface area (Å²) in [5.41, 5.74) is 4.75. The van der Waals surface area contributed by atoms with Gasteiger partial charge in [-0.05, 0) is 25.0 Å². The van der Waals surface area contributed by atoms with E-state index in [9.17, 15) is 9.59 Å². The van der Waals surface area contributed by atoms with Crippen molar-refractivity contribution in [2.75, 3.05) is 0 Å². The maximum Gasteiger partial charge on any atom is 0.334 e. The molecule has 0 aromatic rings. The van der Waals surface area contributed by atoms with Crippen molar-refractivity contribution in [3.63, 3.8) is 0 Å². The van der Waals surface area contributed by atoms with Crippen LogP contribution in [-0.4, -0.2) is 24.1 Å². The summed E-state index contributed by atoms with van der Waals surface area (Å²) < 4.78 is 11.0. The zero-order chi connectivity index (χ0) is 15.3. The fraction of sp³-hybridized carbons (Fsp3) is 0.412. The van der Waals surface area contributed by atoms with Crippen molar-refractivity contribution in [3.8, 4) is 0 Å². The van der Waals surface area contributed by atoms with Crippen LogP contribution in [0.25, 0.3) is 0 Å². The lowest BCUT2D eigenvalue weighted by Crippen LogP contribution is -2.32. The zero-order valence-corrected chi connectivity index (χ0v) is 12.4. The van der Waals surface area contributed by atoms with Gasteiger partial charge in [0.1, 0.15) is 12.2 Å². The predicted molar refractivity (Wildman–Crippen MR) is 77.2 cm³/mol. The molecule has 0 spiro atoms. The predicted octanol–water partition coefficient (Wildman–Crippen LogP) is 2.62. The summed E-state index contributed by atoms with van der Waals surface area (Å²) in [6.07, 6.45) is 3.86. The van der Waals surface area contributed by atoms with Crippen LogP contribution in [0.1, 0.15) is 27.2 Å². The fourth-order valence-corrected chi connectivity index (χ4v) is 3.46. The maximum atomic E-state index is 11.9. The van der Waals surface area contributed by atoms with Crippen molar-refractivity contribution in [1.82, 2.24) is 0 Å². The zero-order valence-electron chi connectivity index (χ0n) is 12.4. The van der Waals surface area contributed by atoms with Crippen LogP contribution in [0.15, 0.2) is 46.6 Å². The molecule has 4 nitrogen and oxygen atoms in total. The van der Waals surface area contributed by atoms with E-state index in [1.165, 1.54) is 6.92 Å². The van der Waals surface area contributed by atoms with Gasteiger partial charge in [0.25, 0.3) is 0 Å². The first-order valence-corrected chi connectivity index (χ1v) is 7.06. The smallest absolute Gasteiger partial charge is 0.334 e. The van der Waals surface area contributed by atoms with Crippen LogP contribution in [-0.2, 0) is 19.1 Å². The van der Waals surface area contributed by atoms with Crippen molar-refractivity contribution in [2.24, 2.45) is 5.92 Å². The second-order valence-corrected chi connectivity index (χ2v) is 5.85. The third-order valence-electron chi connectivity index (χ3n) is 4.41. The van der Waals surface area contributed by atoms with E-state index in [4.69, 9.17) is 9.47 Å². The Morgan fingerprint density at radius 1 is 1.38 bits per heavy atom. The Labute approximate surface area is 123 Å². The molecule has 0 unspecified atom stereocenters. The lowest BCUT2D eigenvalue weighted by molar-refractivity contribution is -0.149. The molecule has 3 rings (SSSR count). The topological polar surface area (TPSA) is 52.6 Å². The number of ether oxygens (including phenoxy) is 2. The van der Waals surface area contributed by atoms with Gasteiger partial charge in [-0.25, -0.2) is 4.79 Å². The van der Waals surface area contributed by atoms with E-state index < -0.39 is 18.2 Å². The first-order chi connectivity index (χ1) is 9.90. The molecule has 1 fully saturated rings. The van der Waals surface area contributed by atoms with Gasteiger partial charge < -0.3 is 9.47 Å². The van der Waals surface area contributed by atoms with Crippen LogP contribution in [0.2, 0.25) is 0 Å². The average Bonchev–Trinajstić information content (AvgIpc) is 2.86. The fourth-order valence-electron chi connectivity index (χ4n) is 3.46. The van der Waals surface area contributed by atoms with Gasteiger partial charge in [-0.1, -0.05) is 24.3 Å². The molecule has 0 amide bonds. The molecule has 4 heteroatoms. The first kappa shape index (κ1) is 13.9. The summed E-state index contributed by atoms with van der Waals surface area (Å²) in [5.74, 6) is -1.05. The van der Waals surface area contributed by atoms with Gasteiger partial charge in [0.05, 0.1) is 5.92 Å². The number of fused-ring (bicyclic) bond motifs is 3. The number of hydrogen-bond donors (Lipinski definition) is 0. The number of hydrogen-bond acceptors (Lipinski definition) is 4. The highest BCUT2D eigenvalue weighted by molar-refractivity contribution is 5.92. The summed E-state index contributed by atoms with van der Waals surface area (Å²) in [5, 5.41) is 0. The van der Waals surface area contributed by atoms with Crippen LogP contribution in [0, 0.1) is 5.92 Å². The molecule has 0 aromatic carbocycles. The lowest BCUT2D eigenvalue weighted by atomic mass is 9.86. The van der Waals surface area contributed by atoms with Gasteiger partial charge >= 0.3 is 11.9 Å². The highest BCUT2D eigenvalue weighted by Crippen LogP contribution is 2.46. The first-order valence-electron chi connectivity index (χ1n) is 7.06. The molecule has 0 saturated carbocycles. The standard InChI is InChI=1S/C17H18O4/c1-8-5-6-12-9(2)7-13(20-11(4)18)15-10(3)17(19)21-16(15)14(8)12/h5-6,13,15-16H,3,7H2,1-2,4H3/t13-,15+,16-/m0/s1. The van der Waals surface area contributed by atoms with Gasteiger partial charge in [-0.15, -0.1) is 0 Å². The van der Waals surface area contributed by atoms with Crippen LogP contribution >= 0.6 is 0 Å². The van der Waals surface area contributed by atoms with E-state index in [0.717, 1.165) is 22.3 Å². The average molecular weight is 286 g/mol. The molecule has 1 saturated heterocycles. The molecule has 1 aliphatic heterocycles. The Hall–Kier alpha value is -2.10. The molecule has 1 heterocycles. The van der Waals surface area contributed by atoms with Crippen LogP contribution < -0.4 is 0 Å². The Balaban J connectivity index is 2.11. The maximum absolute atomic E-state index is 11.9. The van der Waals surface area contributed by atoms with Crippen molar-refractivity contribution >= 4 is 11.9 Å². The minimum Gasteiger partial charge on any atom is -0.461 e. The quantitative estimate of drug-likeness (QED) is 0.549. The van der Waals surface area contributed by atoms with E-state index in [2.05, 4.69) is 6.58 Å². The Kier molecular flexibility index (Phi) is 3.12. The molecule has 0 aromatic heterocycles. The minimum absolute atomic E-state index is 0.307. The summed E-state index contributed by atoms with van der Waals surface area (Å²) in [4.78, 5) is 23.3. The second-order valence-electron chi connectivity index (χ2n) is 5.85. The normalized spacial score (nSPS) is 31.1. The molecule has 3 atom stereocenters. The van der Waals surface area contributed by atoms with Gasteiger partial charge in [0, 0.05) is 24.5 Å². The van der Waals surface area contributed by atoms with Crippen LogP contribution in [0.4, 0.5) is 0 Å². The number of carbonyl (C=O) groups is 2. The molecular weight excluding hydrogens is 268 g/mol. The SMILES string of the molecule is C=C1C(=O)O[C@H]2C3=C(C)C=CC3=C(C)C[C@H](OC(C)=O)[C@@H]12. The van der Waals surface area contributed by atoms with Crippen molar-refractivity contribution < 1.29 is 19.1 Å². The van der Waals surface area contributed by atoms with Crippen molar-refractivity contribution in [2.45, 2.75) is 39.4 Å². The van der Waals surface area contributed by atoms with Gasteiger partial charge in [-0.2, -0.15) is 0 Å². The van der Waals surface area contributed by atoms with Gasteiger partial charge in [-0.3, -0.25) is 4.79 Å². The minimum atomic E-state index is -0.406. The molecule has 0 N–H and O–H groups in total. The molecular formula is C17H18O4. The number of allylic oxidation sites excluding steroid dienone is 3. The van der Waals surface area contributed by atoms with Crippen LogP contribution in [0.5, 0.6) is 0 Å². The summed E-state index contributed by atoms with van der Waals surface area (Å²) >= 11 is 0. The monoisotopic (exact) mass is 286 g/mol. The van der Waals surface area contributed by atoms with E-state index >= 15 is 0 Å². The van der Waals surface area contributed by atoms with Crippen molar-refractivity contribution in [1.29, 1.82) is 0 Å². The van der Waals surface area contributed by atoms with E-state index in [-0.39, 0.29) is 11.9 Å². The van der Waals surface area contributed by atoms with Crippen LogP contribution in [0.3, 0.4) is 0 Å². The summed E-state index contributed by atoms with van der Waals surface area (Å²) in [7, 11) is 0. The summed E-state index contributed by atoms with van der Waals surface area (Å²) in [6, 6.07) is 0. The van der Waals surface area contributed by atoms with Crippen molar-refractivity contribution in [3.05, 3.63) is 46.6 Å². The number of carbonyl (C=O) groups excluding carboxylic acids is 2. The Morgan fingerprint density at radius 3 is 2.76 bits per heavy atom. The third-order valence-corrected chi connectivity index (χ3v) is 4.41. The molecule has 0 bridgehead atoms. The molecule has 2 aliphatic carbocycles. The Bertz CT molecular complexity index is 648. The number of esters is 2. The Morgan fingerprint density at radius 2 is 2.10 bits per heavy atom. The molecule has 3 aliphatic rings. The number of rotatable bonds is 1. The summed E-state index contributed by atoms with van der Waals surface area (Å²) in [6.45, 7) is 9.27. The molecule has 0 radical (unpaired) electrons. The molecule has 21 heavy (non-hydrogen) atoms. The highest BCUT2D eigenvalue weighted by atomic mass is 16.6. The largest absolute Gasteiger partial charge is 0.461 e. The van der Waals surface area contributed by atoms with E-state index in [1.807, 2.05) is 26.0 Å². The van der Waals surface area contributed by atoms with E-state index in [0.29, 0.717) is 12.0 Å². The van der Waals surface area contributed by atoms with Gasteiger partial charge in [0.2, 0.25) is 0 Å². The molecule has 110 valence electrons. The van der Waals surface area contributed by atoms with Gasteiger partial charge in [0.15, 0.2) is 0 Å².